The maximum atomic E-state index is 12.1. The Kier molecular flexibility index (Phi) is 5.45. The van der Waals surface area contributed by atoms with Gasteiger partial charge in [-0.05, 0) is 19.1 Å². The molecule has 23 heavy (non-hydrogen) atoms. The average Bonchev–Trinajstić information content (AvgIpc) is 2.54. The highest BCUT2D eigenvalue weighted by Crippen LogP contribution is 2.18. The van der Waals surface area contributed by atoms with E-state index >= 15 is 0 Å². The van der Waals surface area contributed by atoms with E-state index in [2.05, 4.69) is 20.6 Å². The van der Waals surface area contributed by atoms with E-state index in [0.29, 0.717) is 18.0 Å². The minimum atomic E-state index is -0.475. The maximum absolute atomic E-state index is 12.1. The normalized spacial score (nSPS) is 9.96. The molecule has 1 aromatic carbocycles. The van der Waals surface area contributed by atoms with Gasteiger partial charge in [0.1, 0.15) is 5.75 Å². The fourth-order valence-corrected chi connectivity index (χ4v) is 1.77. The summed E-state index contributed by atoms with van der Waals surface area (Å²) in [5.74, 6) is -0.180. The Morgan fingerprint density at radius 3 is 2.78 bits per heavy atom. The molecule has 0 saturated carbocycles. The van der Waals surface area contributed by atoms with Crippen LogP contribution in [0, 0.1) is 0 Å². The largest absolute Gasteiger partial charge is 0.484 e. The summed E-state index contributed by atoms with van der Waals surface area (Å²) < 4.78 is 5.36. The number of hydrogen-bond acceptors (Lipinski definition) is 6. The van der Waals surface area contributed by atoms with Crippen LogP contribution in [-0.4, -0.2) is 34.9 Å². The van der Waals surface area contributed by atoms with Gasteiger partial charge >= 0.3 is 0 Å². The number of nitrogen functional groups attached to an aromatic ring is 1. The Hall–Kier alpha value is -3.16. The molecule has 4 N–H and O–H groups in total. The Labute approximate surface area is 133 Å². The van der Waals surface area contributed by atoms with Gasteiger partial charge in [-0.15, -0.1) is 0 Å². The van der Waals surface area contributed by atoms with Gasteiger partial charge in [-0.3, -0.25) is 9.59 Å². The van der Waals surface area contributed by atoms with Gasteiger partial charge in [0.25, 0.3) is 11.8 Å². The predicted molar refractivity (Wildman–Crippen MR) is 85.0 cm³/mol. The molecule has 0 unspecified atom stereocenters. The fourth-order valence-electron chi connectivity index (χ4n) is 1.77. The van der Waals surface area contributed by atoms with Crippen molar-refractivity contribution in [1.82, 2.24) is 15.3 Å². The molecule has 120 valence electrons. The van der Waals surface area contributed by atoms with Crippen LogP contribution in [0.15, 0.2) is 36.7 Å². The molecule has 0 atom stereocenters. The Bertz CT molecular complexity index is 705. The van der Waals surface area contributed by atoms with E-state index in [0.717, 1.165) is 0 Å². The van der Waals surface area contributed by atoms with Gasteiger partial charge in [-0.2, -0.15) is 0 Å². The fraction of sp³-hybridized carbons (Fsp3) is 0.200. The number of hydrogen-bond donors (Lipinski definition) is 3. The maximum Gasteiger partial charge on any atom is 0.278 e. The molecule has 0 aliphatic carbocycles. The van der Waals surface area contributed by atoms with Gasteiger partial charge in [0.15, 0.2) is 18.1 Å². The van der Waals surface area contributed by atoms with E-state index in [4.69, 9.17) is 10.5 Å². The summed E-state index contributed by atoms with van der Waals surface area (Å²) in [5, 5.41) is 5.28. The lowest BCUT2D eigenvalue weighted by atomic mass is 10.3. The van der Waals surface area contributed by atoms with E-state index < -0.39 is 5.91 Å². The molecule has 2 amide bonds. The third-order valence-electron chi connectivity index (χ3n) is 2.78. The molecule has 0 aliphatic heterocycles. The first-order valence-corrected chi connectivity index (χ1v) is 6.97. The van der Waals surface area contributed by atoms with Crippen LogP contribution < -0.4 is 21.1 Å². The van der Waals surface area contributed by atoms with Crippen molar-refractivity contribution in [1.29, 1.82) is 0 Å². The third kappa shape index (κ3) is 4.67. The Morgan fingerprint density at radius 2 is 2.04 bits per heavy atom. The lowest BCUT2D eigenvalue weighted by Gasteiger charge is -2.09. The lowest BCUT2D eigenvalue weighted by Crippen LogP contribution is -2.28. The van der Waals surface area contributed by atoms with Crippen LogP contribution in [0.4, 0.5) is 11.5 Å². The van der Waals surface area contributed by atoms with Crippen molar-refractivity contribution in [3.63, 3.8) is 0 Å². The van der Waals surface area contributed by atoms with Crippen LogP contribution in [0.25, 0.3) is 0 Å². The number of anilines is 2. The zero-order valence-corrected chi connectivity index (χ0v) is 12.6. The van der Waals surface area contributed by atoms with Crippen molar-refractivity contribution in [3.05, 3.63) is 42.4 Å². The number of aromatic nitrogens is 2. The number of carbonyl (C=O) groups is 2. The summed E-state index contributed by atoms with van der Waals surface area (Å²) in [6.45, 7) is 2.27. The van der Waals surface area contributed by atoms with Gasteiger partial charge < -0.3 is 21.1 Å². The molecule has 2 aromatic rings. The van der Waals surface area contributed by atoms with Crippen LogP contribution in [0.1, 0.15) is 17.4 Å². The van der Waals surface area contributed by atoms with Gasteiger partial charge in [0.05, 0.1) is 0 Å². The number of nitrogens with two attached hydrogens (primary N) is 1. The molecule has 0 fully saturated rings. The van der Waals surface area contributed by atoms with E-state index in [9.17, 15) is 9.59 Å². The number of amides is 2. The molecule has 0 spiro atoms. The SMILES string of the molecule is CCNC(=O)COc1cccc(NC(=O)c2nccnc2N)c1. The lowest BCUT2D eigenvalue weighted by molar-refractivity contribution is -0.122. The second-order valence-corrected chi connectivity index (χ2v) is 4.51. The molecule has 0 radical (unpaired) electrons. The minimum Gasteiger partial charge on any atom is -0.484 e. The molecule has 8 heteroatoms. The summed E-state index contributed by atoms with van der Waals surface area (Å²) in [7, 11) is 0. The zero-order chi connectivity index (χ0) is 16.7. The zero-order valence-electron chi connectivity index (χ0n) is 12.6. The molecule has 0 aliphatic rings. The monoisotopic (exact) mass is 315 g/mol. The first kappa shape index (κ1) is 16.2. The number of carbonyl (C=O) groups excluding carboxylic acids is 2. The number of nitrogens with one attached hydrogen (secondary N) is 2. The van der Waals surface area contributed by atoms with Crippen LogP contribution in [0.3, 0.4) is 0 Å². The topological polar surface area (TPSA) is 119 Å². The van der Waals surface area contributed by atoms with Crippen LogP contribution in [0.2, 0.25) is 0 Å². The summed E-state index contributed by atoms with van der Waals surface area (Å²) >= 11 is 0. The van der Waals surface area contributed by atoms with E-state index in [1.807, 2.05) is 6.92 Å². The molecule has 0 saturated heterocycles. The summed E-state index contributed by atoms with van der Waals surface area (Å²) in [6, 6.07) is 6.67. The van der Waals surface area contributed by atoms with Crippen LogP contribution >= 0.6 is 0 Å². The minimum absolute atomic E-state index is 0.0427. The second kappa shape index (κ2) is 7.74. The number of benzene rings is 1. The molecule has 2 rings (SSSR count). The first-order chi connectivity index (χ1) is 11.1. The predicted octanol–water partition coefficient (Wildman–Crippen LogP) is 0.826. The number of nitrogens with zero attached hydrogens (tertiary/aromatic N) is 2. The standard InChI is InChI=1S/C15H17N5O3/c1-2-17-12(21)9-23-11-5-3-4-10(8-11)20-15(22)13-14(16)19-7-6-18-13/h3-8H,2,9H2,1H3,(H2,16,19)(H,17,21)(H,20,22). The highest BCUT2D eigenvalue weighted by atomic mass is 16.5. The van der Waals surface area contributed by atoms with Crippen molar-refractivity contribution in [2.24, 2.45) is 0 Å². The molecule has 8 nitrogen and oxygen atoms in total. The van der Waals surface area contributed by atoms with Gasteiger partial charge in [0.2, 0.25) is 0 Å². The van der Waals surface area contributed by atoms with Gasteiger partial charge in [0, 0.05) is 30.7 Å². The van der Waals surface area contributed by atoms with Gasteiger partial charge in [-0.1, -0.05) is 6.07 Å². The number of rotatable bonds is 6. The van der Waals surface area contributed by atoms with E-state index in [1.165, 1.54) is 12.4 Å². The van der Waals surface area contributed by atoms with Crippen molar-refractivity contribution in [2.45, 2.75) is 6.92 Å². The highest BCUT2D eigenvalue weighted by Gasteiger charge is 2.12. The average molecular weight is 315 g/mol. The Morgan fingerprint density at radius 1 is 1.26 bits per heavy atom. The Balaban J connectivity index is 2.01. The summed E-state index contributed by atoms with van der Waals surface area (Å²) in [6.07, 6.45) is 2.79. The first-order valence-electron chi connectivity index (χ1n) is 6.97. The van der Waals surface area contributed by atoms with Crippen molar-refractivity contribution < 1.29 is 14.3 Å². The molecule has 1 heterocycles. The molecular formula is C15H17N5O3. The summed E-state index contributed by atoms with van der Waals surface area (Å²) in [5.41, 5.74) is 6.15. The second-order valence-electron chi connectivity index (χ2n) is 4.51. The molecular weight excluding hydrogens is 298 g/mol. The quantitative estimate of drug-likeness (QED) is 0.726. The molecule has 1 aromatic heterocycles. The summed E-state index contributed by atoms with van der Waals surface area (Å²) in [4.78, 5) is 31.2. The smallest absolute Gasteiger partial charge is 0.278 e. The van der Waals surface area contributed by atoms with Crippen molar-refractivity contribution in [3.8, 4) is 5.75 Å². The van der Waals surface area contributed by atoms with Crippen molar-refractivity contribution >= 4 is 23.3 Å². The van der Waals surface area contributed by atoms with Crippen LogP contribution in [-0.2, 0) is 4.79 Å². The third-order valence-corrected chi connectivity index (χ3v) is 2.78. The van der Waals surface area contributed by atoms with E-state index in [-0.39, 0.29) is 24.0 Å². The molecule has 0 bridgehead atoms. The van der Waals surface area contributed by atoms with Gasteiger partial charge in [-0.25, -0.2) is 9.97 Å². The highest BCUT2D eigenvalue weighted by molar-refractivity contribution is 6.05. The van der Waals surface area contributed by atoms with Crippen molar-refractivity contribution in [2.75, 3.05) is 24.2 Å². The van der Waals surface area contributed by atoms with Crippen LogP contribution in [0.5, 0.6) is 5.75 Å². The number of likely N-dealkylation sites (N-methyl/N-ethyl adjacent to an activating group) is 1. The number of ether oxygens (including phenoxy) is 1. The van der Waals surface area contributed by atoms with E-state index in [1.54, 1.807) is 24.3 Å².